The third-order valence-electron chi connectivity index (χ3n) is 15.8. The van der Waals surface area contributed by atoms with Gasteiger partial charge < -0.3 is 4.74 Å². The van der Waals surface area contributed by atoms with E-state index in [1.54, 1.807) is 18.2 Å². The number of ether oxygens (including phenoxy) is 1. The number of carbonyl (C=O) groups excluding carboxylic acids is 2. The Labute approximate surface area is 558 Å². The number of allylic oxidation sites excluding steroid dienone is 12. The summed E-state index contributed by atoms with van der Waals surface area (Å²) in [5.41, 5.74) is 18.8. The molecule has 95 heavy (non-hydrogen) atoms. The molecule has 0 saturated heterocycles. The molecule has 2 aliphatic carbocycles. The summed E-state index contributed by atoms with van der Waals surface area (Å²) in [6.07, 6.45) is 8.88. The highest BCUT2D eigenvalue weighted by molar-refractivity contribution is 6.60. The van der Waals surface area contributed by atoms with E-state index in [0.717, 1.165) is 106 Å². The van der Waals surface area contributed by atoms with E-state index < -0.39 is 0 Å². The minimum absolute atomic E-state index is 0.0574. The third-order valence-corrected chi connectivity index (χ3v) is 15.8. The average Bonchev–Trinajstić information content (AvgIpc) is 1.60. The van der Waals surface area contributed by atoms with Crippen LogP contribution in [0, 0.1) is 35.5 Å². The van der Waals surface area contributed by atoms with Gasteiger partial charge in [-0.05, 0) is 147 Å². The zero-order valence-electron chi connectivity index (χ0n) is 53.0. The van der Waals surface area contributed by atoms with Crippen molar-refractivity contribution in [1.82, 2.24) is 0 Å². The molecule has 11 aromatic carbocycles. The van der Waals surface area contributed by atoms with E-state index in [1.165, 1.54) is 0 Å². The zero-order chi connectivity index (χ0) is 65.7. The van der Waals surface area contributed by atoms with Crippen molar-refractivity contribution in [2.45, 2.75) is 13.8 Å². The number of benzene rings is 11. The fraction of sp³-hybridized carbons (Fsp3) is 0.0217. The van der Waals surface area contributed by atoms with Gasteiger partial charge in [-0.1, -0.05) is 300 Å². The van der Waals surface area contributed by atoms with Gasteiger partial charge in [-0.3, -0.25) is 9.59 Å². The molecule has 0 bridgehead atoms. The molecule has 0 aliphatic heterocycles. The summed E-state index contributed by atoms with van der Waals surface area (Å²) in [6.45, 7) is 14.9. The fourth-order valence-corrected chi connectivity index (χ4v) is 11.3. The highest BCUT2D eigenvalue weighted by atomic mass is 16.5. The first-order chi connectivity index (χ1) is 46.8. The molecule has 0 atom stereocenters. The Balaban J connectivity index is 0.00000109. The van der Waals surface area contributed by atoms with Crippen LogP contribution in [-0.2, 0) is 9.59 Å². The highest BCUT2D eigenvalue weighted by Crippen LogP contribution is 2.52. The van der Waals surface area contributed by atoms with E-state index in [9.17, 15) is 0 Å². The van der Waals surface area contributed by atoms with Crippen molar-refractivity contribution in [2.24, 2.45) is 0 Å². The van der Waals surface area contributed by atoms with Gasteiger partial charge in [-0.25, -0.2) is 0 Å². The first kappa shape index (κ1) is 63.7. The Morgan fingerprint density at radius 3 is 0.716 bits per heavy atom. The third kappa shape index (κ3) is 15.2. The topological polar surface area (TPSA) is 43.4 Å². The van der Waals surface area contributed by atoms with Crippen LogP contribution in [0.4, 0.5) is 0 Å². The lowest BCUT2D eigenvalue weighted by molar-refractivity contribution is -0.109. The molecule has 452 valence electrons. The van der Waals surface area contributed by atoms with E-state index in [-0.39, 0.29) is 11.6 Å². The summed E-state index contributed by atoms with van der Waals surface area (Å²) in [7, 11) is 0. The molecule has 3 nitrogen and oxygen atoms in total. The molecular formula is C92H66O3. The molecule has 2 aliphatic rings. The van der Waals surface area contributed by atoms with Crippen molar-refractivity contribution in [3.8, 4) is 47.0 Å². The van der Waals surface area contributed by atoms with Gasteiger partial charge >= 0.3 is 0 Å². The minimum Gasteiger partial charge on any atom is -0.457 e. The standard InChI is InChI=1S/C84H52O3.C6H8.C2H6/c1-2-58-34-42-71(43-35-58)81-75(67-44-36-62(37-45-67)31-28-59-18-8-3-9-19-59)77(79(83(81)85)65-24-14-6-15-25-65)69-50-54-73(55-51-69)87-74-56-52-70(53-57-74)78-76(68-46-38-63(39-47-68)32-29-60-20-10-4-11-21-60)82(84(86)80(78)66-26-16-7-17-27-66)72-48-40-64(41-49-72)33-30-61-22-12-5-13-23-61;1-3-5-6-4-2;1-2/h2-27,34-57H,1H2;3-6H,1-2H2;1-2H3/b;6-5-;. The van der Waals surface area contributed by atoms with Crippen LogP contribution in [0.2, 0.25) is 0 Å². The normalized spacial score (nSPS) is 12.2. The van der Waals surface area contributed by atoms with Crippen LogP contribution in [-0.4, -0.2) is 11.6 Å². The molecule has 0 saturated carbocycles. The van der Waals surface area contributed by atoms with Gasteiger partial charge in [0.05, 0.1) is 0 Å². The number of rotatable bonds is 13. The molecule has 0 heterocycles. The van der Waals surface area contributed by atoms with Gasteiger partial charge in [0.25, 0.3) is 0 Å². The second-order valence-electron chi connectivity index (χ2n) is 21.8. The van der Waals surface area contributed by atoms with Gasteiger partial charge in [0.1, 0.15) is 11.5 Å². The Hall–Kier alpha value is -12.8. The summed E-state index contributed by atoms with van der Waals surface area (Å²) in [5, 5.41) is 0. The number of Topliss-reactive ketones (excluding diaryl/α,β-unsaturated/α-hetero) is 2. The smallest absolute Gasteiger partial charge is 0.195 e. The molecular weight excluding hydrogens is 1150 g/mol. The Kier molecular flexibility index (Phi) is 21.0. The van der Waals surface area contributed by atoms with Gasteiger partial charge in [-0.15, -0.1) is 0 Å². The maximum atomic E-state index is 15.4. The van der Waals surface area contributed by atoms with Crippen molar-refractivity contribution in [3.63, 3.8) is 0 Å². The molecule has 0 N–H and O–H groups in total. The monoisotopic (exact) mass is 1220 g/mol. The molecule has 0 unspecified atom stereocenters. The largest absolute Gasteiger partial charge is 0.457 e. The van der Waals surface area contributed by atoms with Crippen LogP contribution in [0.15, 0.2) is 341 Å². The highest BCUT2D eigenvalue weighted by Gasteiger charge is 2.37. The molecule has 0 amide bonds. The Bertz CT molecular complexity index is 4940. The molecule has 0 aromatic heterocycles. The van der Waals surface area contributed by atoms with Crippen LogP contribution < -0.4 is 4.74 Å². The van der Waals surface area contributed by atoms with Crippen molar-refractivity contribution in [3.05, 3.63) is 425 Å². The van der Waals surface area contributed by atoms with Gasteiger partial charge in [0, 0.05) is 78.0 Å². The first-order valence-corrected chi connectivity index (χ1v) is 31.6. The van der Waals surface area contributed by atoms with Gasteiger partial charge in [0.2, 0.25) is 0 Å². The molecule has 0 radical (unpaired) electrons. The summed E-state index contributed by atoms with van der Waals surface area (Å²) < 4.78 is 6.67. The van der Waals surface area contributed by atoms with E-state index in [4.69, 9.17) is 4.74 Å². The second kappa shape index (κ2) is 31.3. The van der Waals surface area contributed by atoms with E-state index in [2.05, 4.69) is 79.5 Å². The molecule has 13 rings (SSSR count). The summed E-state index contributed by atoms with van der Waals surface area (Å²) in [6, 6.07) is 97.8. The molecule has 11 aromatic rings. The number of ketones is 2. The minimum atomic E-state index is -0.0712. The lowest BCUT2D eigenvalue weighted by atomic mass is 9.88. The number of hydrogen-bond acceptors (Lipinski definition) is 3. The van der Waals surface area contributed by atoms with Crippen molar-refractivity contribution in [1.29, 1.82) is 0 Å². The van der Waals surface area contributed by atoms with E-state index in [0.29, 0.717) is 33.8 Å². The van der Waals surface area contributed by atoms with Crippen molar-refractivity contribution in [2.75, 3.05) is 0 Å². The van der Waals surface area contributed by atoms with Crippen LogP contribution in [0.1, 0.15) is 97.3 Å². The maximum absolute atomic E-state index is 15.4. The maximum Gasteiger partial charge on any atom is 0.195 e. The number of carbonyl (C=O) groups is 2. The fourth-order valence-electron chi connectivity index (χ4n) is 11.3. The average molecular weight is 1220 g/mol. The molecule has 0 fully saturated rings. The summed E-state index contributed by atoms with van der Waals surface area (Å²) in [5.74, 6) is 20.9. The lowest BCUT2D eigenvalue weighted by Gasteiger charge is -2.15. The zero-order valence-corrected chi connectivity index (χ0v) is 53.0. The SMILES string of the molecule is C=C/C=C\C=C.C=Cc1ccc(C2=C(c3ccc(C#Cc4ccccc4)cc3)C(c3ccc(Oc4ccc(C5=C(c6ccccc6)C(=O)C(c6ccc(C#Cc7ccccc7)cc6)=C5c5ccc(C#Cc6ccccc6)cc5)cc4)cc3)=C(c3ccccc3)C2=O)cc1.CC. The van der Waals surface area contributed by atoms with Crippen molar-refractivity contribution < 1.29 is 14.3 Å². The molecule has 3 heteroatoms. The van der Waals surface area contributed by atoms with E-state index >= 15 is 9.59 Å². The van der Waals surface area contributed by atoms with Gasteiger partial charge in [-0.2, -0.15) is 0 Å². The summed E-state index contributed by atoms with van der Waals surface area (Å²) in [4.78, 5) is 30.7. The summed E-state index contributed by atoms with van der Waals surface area (Å²) >= 11 is 0. The Morgan fingerprint density at radius 1 is 0.253 bits per heavy atom. The quantitative estimate of drug-likeness (QED) is 0.0853. The second-order valence-corrected chi connectivity index (χ2v) is 21.8. The lowest BCUT2D eigenvalue weighted by Crippen LogP contribution is -2.02. The Morgan fingerprint density at radius 2 is 0.463 bits per heavy atom. The van der Waals surface area contributed by atoms with Crippen LogP contribution in [0.3, 0.4) is 0 Å². The van der Waals surface area contributed by atoms with Crippen LogP contribution >= 0.6 is 0 Å². The molecule has 0 spiro atoms. The number of hydrogen-bond donors (Lipinski definition) is 0. The predicted molar refractivity (Wildman–Crippen MR) is 397 cm³/mol. The first-order valence-electron chi connectivity index (χ1n) is 31.6. The van der Waals surface area contributed by atoms with Crippen LogP contribution in [0.25, 0.3) is 50.7 Å². The van der Waals surface area contributed by atoms with E-state index in [1.807, 2.05) is 299 Å². The van der Waals surface area contributed by atoms with Gasteiger partial charge in [0.15, 0.2) is 11.6 Å². The predicted octanol–water partition coefficient (Wildman–Crippen LogP) is 21.5. The van der Waals surface area contributed by atoms with Crippen molar-refractivity contribution >= 4 is 62.2 Å². The van der Waals surface area contributed by atoms with Crippen LogP contribution in [0.5, 0.6) is 11.5 Å².